The van der Waals surface area contributed by atoms with Gasteiger partial charge in [0.25, 0.3) is 5.69 Å². The molecule has 0 amide bonds. The molecule has 0 heterocycles. The number of benzene rings is 2. The van der Waals surface area contributed by atoms with Crippen molar-refractivity contribution in [3.63, 3.8) is 0 Å². The number of methoxy groups -OCH3 is 1. The van der Waals surface area contributed by atoms with E-state index in [1.165, 1.54) is 19.2 Å². The number of carbonyl (C=O) groups is 1. The van der Waals surface area contributed by atoms with E-state index in [4.69, 9.17) is 4.74 Å². The van der Waals surface area contributed by atoms with Gasteiger partial charge in [0.05, 0.1) is 12.0 Å². The van der Waals surface area contributed by atoms with Gasteiger partial charge in [-0.1, -0.05) is 24.3 Å². The van der Waals surface area contributed by atoms with Crippen LogP contribution in [0.3, 0.4) is 0 Å². The molecule has 6 nitrogen and oxygen atoms in total. The summed E-state index contributed by atoms with van der Waals surface area (Å²) in [5, 5.41) is 10.8. The van der Waals surface area contributed by atoms with E-state index in [9.17, 15) is 14.9 Å². The lowest BCUT2D eigenvalue weighted by Crippen LogP contribution is -2.07. The molecular weight excluding hydrogens is 286 g/mol. The van der Waals surface area contributed by atoms with E-state index in [1.807, 2.05) is 31.2 Å². The van der Waals surface area contributed by atoms with Crippen LogP contribution in [0.5, 0.6) is 5.75 Å². The van der Waals surface area contributed by atoms with Crippen LogP contribution in [-0.4, -0.2) is 18.0 Å². The van der Waals surface area contributed by atoms with Crippen molar-refractivity contribution in [2.24, 2.45) is 0 Å². The van der Waals surface area contributed by atoms with Crippen LogP contribution in [0.25, 0.3) is 0 Å². The molecule has 0 aliphatic heterocycles. The molecule has 0 N–H and O–H groups in total. The summed E-state index contributed by atoms with van der Waals surface area (Å²) in [6.45, 7) is 2.21. The predicted molar refractivity (Wildman–Crippen MR) is 79.9 cm³/mol. The molecule has 0 unspecified atom stereocenters. The Morgan fingerprint density at radius 1 is 1.23 bits per heavy atom. The minimum Gasteiger partial charge on any atom is -0.488 e. The highest BCUT2D eigenvalue weighted by molar-refractivity contribution is 5.93. The first-order valence-corrected chi connectivity index (χ1v) is 6.57. The minimum atomic E-state index is -0.677. The fraction of sp³-hybridized carbons (Fsp3) is 0.188. The number of nitrogens with zero attached hydrogens (tertiary/aromatic N) is 1. The van der Waals surface area contributed by atoms with Crippen molar-refractivity contribution < 1.29 is 19.2 Å². The van der Waals surface area contributed by atoms with Crippen molar-refractivity contribution in [2.45, 2.75) is 13.5 Å². The predicted octanol–water partition coefficient (Wildman–Crippen LogP) is 3.27. The van der Waals surface area contributed by atoms with Crippen LogP contribution >= 0.6 is 0 Å². The van der Waals surface area contributed by atoms with E-state index in [0.717, 1.165) is 17.2 Å². The van der Waals surface area contributed by atoms with Gasteiger partial charge in [-0.05, 0) is 24.1 Å². The molecule has 0 radical (unpaired) electrons. The summed E-state index contributed by atoms with van der Waals surface area (Å²) in [7, 11) is 1.21. The van der Waals surface area contributed by atoms with E-state index in [1.54, 1.807) is 0 Å². The lowest BCUT2D eigenvalue weighted by Gasteiger charge is -2.11. The molecular formula is C16H15NO5. The molecule has 0 spiro atoms. The van der Waals surface area contributed by atoms with Crippen LogP contribution in [-0.2, 0) is 11.3 Å². The maximum atomic E-state index is 11.8. The summed E-state index contributed by atoms with van der Waals surface area (Å²) in [4.78, 5) is 22.0. The Kier molecular flexibility index (Phi) is 4.73. The molecule has 0 bridgehead atoms. The van der Waals surface area contributed by atoms with Crippen LogP contribution in [0, 0.1) is 17.0 Å². The standard InChI is InChI=1S/C16H15NO5/c1-11-5-3-4-6-12(11)10-22-15-8-7-13(17(19)20)9-14(15)16(18)21-2/h3-9H,10H2,1-2H3. The second-order valence-corrected chi connectivity index (χ2v) is 4.64. The molecule has 0 aromatic heterocycles. The van der Waals surface area contributed by atoms with Crippen LogP contribution in [0.4, 0.5) is 5.69 Å². The Balaban J connectivity index is 2.28. The average Bonchev–Trinajstić information content (AvgIpc) is 2.53. The number of nitro benzene ring substituents is 1. The third-order valence-corrected chi connectivity index (χ3v) is 3.22. The van der Waals surface area contributed by atoms with E-state index >= 15 is 0 Å². The maximum absolute atomic E-state index is 11.8. The minimum absolute atomic E-state index is 0.0327. The molecule has 2 rings (SSSR count). The highest BCUT2D eigenvalue weighted by Gasteiger charge is 2.18. The molecule has 0 saturated heterocycles. The van der Waals surface area contributed by atoms with E-state index in [-0.39, 0.29) is 23.6 Å². The van der Waals surface area contributed by atoms with Gasteiger partial charge in [-0.3, -0.25) is 10.1 Å². The second-order valence-electron chi connectivity index (χ2n) is 4.64. The zero-order valence-corrected chi connectivity index (χ0v) is 12.2. The molecule has 2 aromatic carbocycles. The van der Waals surface area contributed by atoms with E-state index in [2.05, 4.69) is 4.74 Å². The van der Waals surface area contributed by atoms with Crippen molar-refractivity contribution in [3.05, 3.63) is 69.3 Å². The first kappa shape index (κ1) is 15.5. The van der Waals surface area contributed by atoms with Crippen LogP contribution in [0.15, 0.2) is 42.5 Å². The van der Waals surface area contributed by atoms with Crippen LogP contribution < -0.4 is 4.74 Å². The quantitative estimate of drug-likeness (QED) is 0.481. The molecule has 2 aromatic rings. The SMILES string of the molecule is COC(=O)c1cc([N+](=O)[O-])ccc1OCc1ccccc1C. The van der Waals surface area contributed by atoms with Gasteiger partial charge in [0, 0.05) is 12.1 Å². The number of esters is 1. The zero-order valence-electron chi connectivity index (χ0n) is 12.2. The van der Waals surface area contributed by atoms with Crippen LogP contribution in [0.1, 0.15) is 21.5 Å². The highest BCUT2D eigenvalue weighted by atomic mass is 16.6. The lowest BCUT2D eigenvalue weighted by atomic mass is 10.1. The summed E-state index contributed by atoms with van der Waals surface area (Å²) in [5.74, 6) is -0.427. The Hall–Kier alpha value is -2.89. The number of aryl methyl sites for hydroxylation is 1. The normalized spacial score (nSPS) is 10.1. The molecule has 0 fully saturated rings. The summed E-state index contributed by atoms with van der Waals surface area (Å²) >= 11 is 0. The molecule has 6 heteroatoms. The van der Waals surface area contributed by atoms with Crippen LogP contribution in [0.2, 0.25) is 0 Å². The number of hydrogen-bond donors (Lipinski definition) is 0. The Labute approximate surface area is 127 Å². The third-order valence-electron chi connectivity index (χ3n) is 3.22. The van der Waals surface area contributed by atoms with Gasteiger partial charge < -0.3 is 9.47 Å². The summed E-state index contributed by atoms with van der Waals surface area (Å²) in [6, 6.07) is 11.5. The number of carbonyl (C=O) groups excluding carboxylic acids is 1. The summed E-state index contributed by atoms with van der Waals surface area (Å²) in [5.41, 5.74) is 1.87. The van der Waals surface area contributed by atoms with Gasteiger partial charge in [-0.2, -0.15) is 0 Å². The molecule has 22 heavy (non-hydrogen) atoms. The fourth-order valence-corrected chi connectivity index (χ4v) is 1.95. The topological polar surface area (TPSA) is 78.7 Å². The van der Waals surface area contributed by atoms with Crippen molar-refractivity contribution in [1.82, 2.24) is 0 Å². The van der Waals surface area contributed by atoms with E-state index in [0.29, 0.717) is 0 Å². The van der Waals surface area contributed by atoms with Crippen molar-refractivity contribution in [3.8, 4) is 5.75 Å². The first-order chi connectivity index (χ1) is 10.5. The number of nitro groups is 1. The first-order valence-electron chi connectivity index (χ1n) is 6.57. The van der Waals surface area contributed by atoms with Gasteiger partial charge in [0.2, 0.25) is 0 Å². The molecule has 0 saturated carbocycles. The Morgan fingerprint density at radius 2 is 1.95 bits per heavy atom. The van der Waals surface area contributed by atoms with Gasteiger partial charge in [0.1, 0.15) is 17.9 Å². The van der Waals surface area contributed by atoms with Crippen molar-refractivity contribution in [1.29, 1.82) is 0 Å². The Bertz CT molecular complexity index is 711. The number of ether oxygens (including phenoxy) is 2. The highest BCUT2D eigenvalue weighted by Crippen LogP contribution is 2.26. The third kappa shape index (κ3) is 3.41. The second kappa shape index (κ2) is 6.71. The number of hydrogen-bond acceptors (Lipinski definition) is 5. The van der Waals surface area contributed by atoms with Gasteiger partial charge in [0.15, 0.2) is 0 Å². The van der Waals surface area contributed by atoms with Gasteiger partial charge >= 0.3 is 5.97 Å². The fourth-order valence-electron chi connectivity index (χ4n) is 1.95. The smallest absolute Gasteiger partial charge is 0.341 e. The van der Waals surface area contributed by atoms with Crippen molar-refractivity contribution >= 4 is 11.7 Å². The number of rotatable bonds is 5. The average molecular weight is 301 g/mol. The monoisotopic (exact) mass is 301 g/mol. The van der Waals surface area contributed by atoms with Gasteiger partial charge in [-0.25, -0.2) is 4.79 Å². The molecule has 0 aliphatic rings. The summed E-state index contributed by atoms with van der Waals surface area (Å²) in [6.07, 6.45) is 0. The largest absolute Gasteiger partial charge is 0.488 e. The van der Waals surface area contributed by atoms with Crippen molar-refractivity contribution in [2.75, 3.05) is 7.11 Å². The lowest BCUT2D eigenvalue weighted by molar-refractivity contribution is -0.384. The maximum Gasteiger partial charge on any atom is 0.341 e. The molecule has 114 valence electrons. The zero-order chi connectivity index (χ0) is 16.1. The molecule has 0 atom stereocenters. The Morgan fingerprint density at radius 3 is 2.59 bits per heavy atom. The summed E-state index contributed by atoms with van der Waals surface area (Å²) < 4.78 is 10.3. The van der Waals surface area contributed by atoms with Gasteiger partial charge in [-0.15, -0.1) is 0 Å². The number of non-ortho nitro benzene ring substituents is 1. The van der Waals surface area contributed by atoms with E-state index < -0.39 is 10.9 Å². The molecule has 0 aliphatic carbocycles.